The maximum atomic E-state index is 4.31. The molecule has 0 nitrogen and oxygen atoms in total. The lowest BCUT2D eigenvalue weighted by atomic mass is 9.85. The maximum Gasteiger partial charge on any atom is 0.0649 e. The molecule has 2 unspecified atom stereocenters. The van der Waals surface area contributed by atoms with Gasteiger partial charge in [-0.2, -0.15) is 0 Å². The molecule has 0 amide bonds. The zero-order chi connectivity index (χ0) is 34.2. The predicted octanol–water partition coefficient (Wildman–Crippen LogP) is 15.6. The Morgan fingerprint density at radius 1 is 0.915 bits per heavy atom. The van der Waals surface area contributed by atoms with Gasteiger partial charge < -0.3 is 0 Å². The fourth-order valence-corrected chi connectivity index (χ4v) is 10.6. The van der Waals surface area contributed by atoms with Gasteiger partial charge >= 0.3 is 0 Å². The first-order valence-corrected chi connectivity index (χ1v) is 21.3. The van der Waals surface area contributed by atoms with Crippen molar-refractivity contribution in [2.45, 2.75) is 89.9 Å². The van der Waals surface area contributed by atoms with Gasteiger partial charge in [0.15, 0.2) is 0 Å². The molecule has 1 heterocycles. The second-order valence-corrected chi connectivity index (χ2v) is 18.4. The number of hydrogen-bond donors (Lipinski definition) is 0. The highest BCUT2D eigenvalue weighted by Crippen LogP contribution is 2.58. The Bertz CT molecular complexity index is 1510. The van der Waals surface area contributed by atoms with E-state index in [0.29, 0.717) is 11.8 Å². The number of rotatable bonds is 15. The fourth-order valence-electron chi connectivity index (χ4n) is 4.85. The van der Waals surface area contributed by atoms with Crippen molar-refractivity contribution in [1.29, 1.82) is 0 Å². The first-order chi connectivity index (χ1) is 22.6. The molecule has 4 rings (SSSR count). The number of thioether (sulfide) groups is 3. The minimum Gasteiger partial charge on any atom is -0.0979 e. The highest BCUT2D eigenvalue weighted by atomic mass is 33.1. The highest BCUT2D eigenvalue weighted by Gasteiger charge is 2.25. The quantitative estimate of drug-likeness (QED) is 0.113. The van der Waals surface area contributed by atoms with E-state index < -0.39 is 0 Å². The van der Waals surface area contributed by atoms with Gasteiger partial charge in [-0.25, -0.2) is 0 Å². The standard InChI is InChI=1S/C28H36S3.C14H16S2/c1-7-20(4)21(5)24-17-16-23(13-11-12-19(2)3)26(18-24)27-28(30-22(6)29-27)31-25-14-9-8-10-15-25;1-4-6-7-13(5-2)15-16-14-10-8-12(3)9-11-14/h8-10,14-21H,6-7,11-13H2,1-5H3;4-11H,2H2,1,3H3/b;6-4-,13-7+. The van der Waals surface area contributed by atoms with E-state index in [4.69, 9.17) is 0 Å². The minimum atomic E-state index is 0.571. The van der Waals surface area contributed by atoms with Gasteiger partial charge in [0, 0.05) is 23.8 Å². The molecule has 0 aromatic heterocycles. The monoisotopic (exact) mass is 716 g/mol. The Labute approximate surface area is 307 Å². The van der Waals surface area contributed by atoms with Gasteiger partial charge in [-0.15, -0.1) is 0 Å². The molecule has 5 heteroatoms. The molecular formula is C42H52S5. The topological polar surface area (TPSA) is 0 Å². The summed E-state index contributed by atoms with van der Waals surface area (Å²) >= 11 is 5.58. The summed E-state index contributed by atoms with van der Waals surface area (Å²) < 4.78 is 2.56. The van der Waals surface area contributed by atoms with Crippen LogP contribution < -0.4 is 0 Å². The lowest BCUT2D eigenvalue weighted by molar-refractivity contribution is 0.473. The van der Waals surface area contributed by atoms with E-state index >= 15 is 0 Å². The summed E-state index contributed by atoms with van der Waals surface area (Å²) in [5, 5.41) is 0. The number of hydrogen-bond acceptors (Lipinski definition) is 5. The Morgan fingerprint density at radius 3 is 2.28 bits per heavy atom. The van der Waals surface area contributed by atoms with Crippen LogP contribution >= 0.6 is 56.9 Å². The normalized spacial score (nSPS) is 14.8. The molecule has 1 aliphatic heterocycles. The van der Waals surface area contributed by atoms with E-state index in [1.165, 1.54) is 69.6 Å². The van der Waals surface area contributed by atoms with Gasteiger partial charge in [0.05, 0.1) is 4.24 Å². The lowest BCUT2D eigenvalue weighted by Gasteiger charge is -2.21. The van der Waals surface area contributed by atoms with Gasteiger partial charge in [-0.1, -0.05) is 190 Å². The van der Waals surface area contributed by atoms with E-state index in [0.717, 1.165) is 12.3 Å². The first kappa shape index (κ1) is 39.5. The first-order valence-electron chi connectivity index (χ1n) is 16.7. The van der Waals surface area contributed by atoms with Crippen molar-refractivity contribution in [3.63, 3.8) is 0 Å². The lowest BCUT2D eigenvalue weighted by Crippen LogP contribution is -2.06. The number of benzene rings is 3. The minimum absolute atomic E-state index is 0.571. The smallest absolute Gasteiger partial charge is 0.0649 e. The average molecular weight is 717 g/mol. The van der Waals surface area contributed by atoms with Crippen molar-refractivity contribution < 1.29 is 0 Å². The molecular weight excluding hydrogens is 665 g/mol. The molecule has 0 spiro atoms. The average Bonchev–Trinajstić information content (AvgIpc) is 3.44. The Balaban J connectivity index is 0.000000316. The van der Waals surface area contributed by atoms with E-state index in [-0.39, 0.29) is 0 Å². The van der Waals surface area contributed by atoms with E-state index in [2.05, 4.69) is 134 Å². The highest BCUT2D eigenvalue weighted by molar-refractivity contribution is 8.78. The third-order valence-corrected chi connectivity index (χ3v) is 14.2. The second-order valence-electron chi connectivity index (χ2n) is 12.3. The van der Waals surface area contributed by atoms with Crippen LogP contribution in [0.2, 0.25) is 0 Å². The largest absolute Gasteiger partial charge is 0.0979 e. The summed E-state index contributed by atoms with van der Waals surface area (Å²) in [7, 11) is 3.48. The molecule has 3 aromatic carbocycles. The Hall–Kier alpha value is -1.89. The summed E-state index contributed by atoms with van der Waals surface area (Å²) in [4.78, 5) is 5.14. The molecule has 250 valence electrons. The van der Waals surface area contributed by atoms with Gasteiger partial charge in [0.2, 0.25) is 0 Å². The Kier molecular flexibility index (Phi) is 17.9. The van der Waals surface area contributed by atoms with Crippen LogP contribution in [0.25, 0.3) is 4.91 Å². The molecule has 0 saturated heterocycles. The van der Waals surface area contributed by atoms with Crippen molar-refractivity contribution in [1.82, 2.24) is 0 Å². The van der Waals surface area contributed by atoms with Gasteiger partial charge in [0.1, 0.15) is 0 Å². The summed E-state index contributed by atoms with van der Waals surface area (Å²) in [6, 6.07) is 26.6. The van der Waals surface area contributed by atoms with Crippen molar-refractivity contribution in [3.8, 4) is 0 Å². The summed E-state index contributed by atoms with van der Waals surface area (Å²) in [6.07, 6.45) is 12.9. The van der Waals surface area contributed by atoms with Crippen LogP contribution in [0.5, 0.6) is 0 Å². The van der Waals surface area contributed by atoms with Crippen molar-refractivity contribution in [2.24, 2.45) is 11.8 Å². The van der Waals surface area contributed by atoms with E-state index in [9.17, 15) is 0 Å². The van der Waals surface area contributed by atoms with Crippen LogP contribution in [0, 0.1) is 18.8 Å². The van der Waals surface area contributed by atoms with E-state index in [1.807, 2.05) is 60.4 Å². The summed E-state index contributed by atoms with van der Waals surface area (Å²) in [5.74, 6) is 2.02. The van der Waals surface area contributed by atoms with Gasteiger partial charge in [-0.3, -0.25) is 0 Å². The second kappa shape index (κ2) is 21.3. The van der Waals surface area contributed by atoms with Crippen LogP contribution in [-0.4, -0.2) is 0 Å². The molecule has 2 atom stereocenters. The van der Waals surface area contributed by atoms with Crippen molar-refractivity contribution in [3.05, 3.63) is 146 Å². The summed E-state index contributed by atoms with van der Waals surface area (Å²) in [5.41, 5.74) is 5.69. The molecule has 47 heavy (non-hydrogen) atoms. The third-order valence-electron chi connectivity index (χ3n) is 8.10. The molecule has 3 aromatic rings. The molecule has 0 fully saturated rings. The van der Waals surface area contributed by atoms with Crippen molar-refractivity contribution >= 4 is 61.8 Å². The van der Waals surface area contributed by atoms with Gasteiger partial charge in [0.25, 0.3) is 0 Å². The Morgan fingerprint density at radius 2 is 1.64 bits per heavy atom. The van der Waals surface area contributed by atoms with Gasteiger partial charge in [-0.05, 0) is 91.5 Å². The van der Waals surface area contributed by atoms with E-state index in [1.54, 1.807) is 21.6 Å². The molecule has 1 aliphatic rings. The SMILES string of the molecule is C=C/C(=C\C=C/C)SSc1ccc(C)cc1.C=C1SC(Sc2ccccc2)=C(c2cc(C(C)C(C)CC)ccc2CCCC(C)C)S1. The van der Waals surface area contributed by atoms with Crippen molar-refractivity contribution in [2.75, 3.05) is 0 Å². The molecule has 0 saturated carbocycles. The van der Waals surface area contributed by atoms with Crippen LogP contribution in [0.3, 0.4) is 0 Å². The maximum absolute atomic E-state index is 4.31. The third kappa shape index (κ3) is 13.5. The molecule has 0 N–H and O–H groups in total. The van der Waals surface area contributed by atoms with Crippen LogP contribution in [0.1, 0.15) is 89.0 Å². The van der Waals surface area contributed by atoms with Crippen LogP contribution in [0.4, 0.5) is 0 Å². The molecule has 0 aliphatic carbocycles. The zero-order valence-corrected chi connectivity index (χ0v) is 33.3. The van der Waals surface area contributed by atoms with Crippen LogP contribution in [-0.2, 0) is 6.42 Å². The molecule has 0 bridgehead atoms. The number of allylic oxidation sites excluding steroid dienone is 4. The number of aryl methyl sites for hydroxylation is 2. The van der Waals surface area contributed by atoms with Crippen LogP contribution in [0.15, 0.2) is 133 Å². The molecule has 0 radical (unpaired) electrons. The zero-order valence-electron chi connectivity index (χ0n) is 29.3. The summed E-state index contributed by atoms with van der Waals surface area (Å²) in [6.45, 7) is 23.9. The predicted molar refractivity (Wildman–Crippen MR) is 223 cm³/mol. The fraction of sp³-hybridized carbons (Fsp3) is 0.333.